The van der Waals surface area contributed by atoms with E-state index in [1.165, 1.54) is 0 Å². The smallest absolute Gasteiger partial charge is 0.315 e. The third-order valence-electron chi connectivity index (χ3n) is 4.82. The molecule has 0 radical (unpaired) electrons. The summed E-state index contributed by atoms with van der Waals surface area (Å²) in [6.45, 7) is 2.96. The molecule has 0 aromatic heterocycles. The fourth-order valence-corrected chi connectivity index (χ4v) is 3.02. The highest BCUT2D eigenvalue weighted by Gasteiger charge is 2.22. The third kappa shape index (κ3) is 5.43. The number of hydrogen-bond donors (Lipinski definition) is 3. The number of carbonyl (C=O) groups excluding carboxylic acids is 1. The van der Waals surface area contributed by atoms with Gasteiger partial charge in [0.25, 0.3) is 0 Å². The second-order valence-corrected chi connectivity index (χ2v) is 6.55. The first-order valence-electron chi connectivity index (χ1n) is 8.53. The van der Waals surface area contributed by atoms with E-state index in [0.717, 1.165) is 31.4 Å². The van der Waals surface area contributed by atoms with Gasteiger partial charge in [-0.1, -0.05) is 18.2 Å². The normalized spacial score (nSPS) is 22.2. The van der Waals surface area contributed by atoms with Crippen molar-refractivity contribution in [3.8, 4) is 0 Å². The van der Waals surface area contributed by atoms with Gasteiger partial charge in [-0.2, -0.15) is 0 Å². The monoisotopic (exact) mass is 319 g/mol. The number of aliphatic hydroxyl groups excluding tert-OH is 1. The molecule has 1 aromatic rings. The lowest BCUT2D eigenvalue weighted by Gasteiger charge is -2.29. The number of anilines is 1. The van der Waals surface area contributed by atoms with Crippen molar-refractivity contribution in [2.75, 3.05) is 25.1 Å². The molecule has 23 heavy (non-hydrogen) atoms. The van der Waals surface area contributed by atoms with Crippen LogP contribution in [0.2, 0.25) is 0 Å². The Labute approximate surface area is 139 Å². The Morgan fingerprint density at radius 3 is 2.52 bits per heavy atom. The molecule has 2 rings (SSSR count). The van der Waals surface area contributed by atoms with E-state index in [2.05, 4.69) is 34.6 Å². The van der Waals surface area contributed by atoms with Crippen LogP contribution < -0.4 is 15.5 Å². The van der Waals surface area contributed by atoms with Crippen LogP contribution in [0.4, 0.5) is 10.5 Å². The van der Waals surface area contributed by atoms with E-state index in [0.29, 0.717) is 12.5 Å². The molecular weight excluding hydrogens is 290 g/mol. The first kappa shape index (κ1) is 17.6. The van der Waals surface area contributed by atoms with Crippen molar-refractivity contribution in [1.82, 2.24) is 10.6 Å². The Morgan fingerprint density at radius 1 is 1.26 bits per heavy atom. The molecule has 1 saturated carbocycles. The summed E-state index contributed by atoms with van der Waals surface area (Å²) in [4.78, 5) is 14.2. The van der Waals surface area contributed by atoms with Crippen molar-refractivity contribution in [3.05, 3.63) is 30.3 Å². The summed E-state index contributed by atoms with van der Waals surface area (Å²) in [6.07, 6.45) is 3.90. The fourth-order valence-electron chi connectivity index (χ4n) is 3.02. The third-order valence-corrected chi connectivity index (χ3v) is 4.82. The molecule has 1 atom stereocenters. The number of likely N-dealkylation sites (N-methyl/N-ethyl adjacent to an activating group) is 1. The van der Waals surface area contributed by atoms with E-state index in [1.54, 1.807) is 0 Å². The average Bonchev–Trinajstić information content (AvgIpc) is 2.60. The highest BCUT2D eigenvalue weighted by Crippen LogP contribution is 2.23. The van der Waals surface area contributed by atoms with E-state index >= 15 is 0 Å². The van der Waals surface area contributed by atoms with E-state index in [1.807, 2.05) is 25.2 Å². The van der Waals surface area contributed by atoms with Crippen molar-refractivity contribution in [2.24, 2.45) is 5.92 Å². The van der Waals surface area contributed by atoms with Crippen LogP contribution >= 0.6 is 0 Å². The number of aliphatic hydroxyl groups is 1. The number of urea groups is 1. The van der Waals surface area contributed by atoms with Crippen LogP contribution in [0.15, 0.2) is 30.3 Å². The van der Waals surface area contributed by atoms with E-state index < -0.39 is 0 Å². The van der Waals surface area contributed by atoms with Crippen LogP contribution in [0, 0.1) is 5.92 Å². The molecule has 3 N–H and O–H groups in total. The van der Waals surface area contributed by atoms with Crippen LogP contribution in [0.1, 0.15) is 32.6 Å². The number of nitrogens with one attached hydrogen (secondary N) is 2. The number of amides is 2. The van der Waals surface area contributed by atoms with E-state index in [9.17, 15) is 4.79 Å². The van der Waals surface area contributed by atoms with Gasteiger partial charge in [0.15, 0.2) is 0 Å². The molecule has 0 spiro atoms. The second kappa shape index (κ2) is 8.77. The van der Waals surface area contributed by atoms with Crippen molar-refractivity contribution in [2.45, 2.75) is 44.7 Å². The van der Waals surface area contributed by atoms with Crippen LogP contribution in [-0.2, 0) is 0 Å². The first-order valence-corrected chi connectivity index (χ1v) is 8.53. The van der Waals surface area contributed by atoms with Gasteiger partial charge in [0, 0.05) is 38.0 Å². The lowest BCUT2D eigenvalue weighted by molar-refractivity contribution is 0.174. The maximum atomic E-state index is 12.0. The summed E-state index contributed by atoms with van der Waals surface area (Å²) in [5, 5.41) is 15.2. The zero-order valence-electron chi connectivity index (χ0n) is 14.2. The minimum absolute atomic E-state index is 0.0919. The lowest BCUT2D eigenvalue weighted by Crippen LogP contribution is -2.47. The van der Waals surface area contributed by atoms with Crippen molar-refractivity contribution >= 4 is 11.7 Å². The Balaban J connectivity index is 1.70. The molecule has 1 fully saturated rings. The molecule has 0 bridgehead atoms. The minimum atomic E-state index is -0.0919. The number of hydrogen-bond acceptors (Lipinski definition) is 3. The Hall–Kier alpha value is -1.75. The summed E-state index contributed by atoms with van der Waals surface area (Å²) in [6, 6.07) is 10.5. The number of nitrogens with zero attached hydrogens (tertiary/aromatic N) is 1. The number of rotatable bonds is 6. The molecule has 1 aromatic carbocycles. The van der Waals surface area contributed by atoms with Crippen LogP contribution in [-0.4, -0.2) is 43.4 Å². The van der Waals surface area contributed by atoms with Gasteiger partial charge >= 0.3 is 6.03 Å². The molecule has 5 heteroatoms. The first-order chi connectivity index (χ1) is 11.1. The highest BCUT2D eigenvalue weighted by molar-refractivity contribution is 5.74. The molecular formula is C18H29N3O2. The average molecular weight is 319 g/mol. The van der Waals surface area contributed by atoms with Crippen molar-refractivity contribution < 1.29 is 9.90 Å². The van der Waals surface area contributed by atoms with E-state index in [4.69, 9.17) is 5.11 Å². The van der Waals surface area contributed by atoms with E-state index in [-0.39, 0.29) is 24.7 Å². The maximum Gasteiger partial charge on any atom is 0.315 e. The molecule has 0 saturated heterocycles. The second-order valence-electron chi connectivity index (χ2n) is 6.55. The van der Waals surface area contributed by atoms with Crippen LogP contribution in [0.25, 0.3) is 0 Å². The van der Waals surface area contributed by atoms with Crippen LogP contribution in [0.3, 0.4) is 0 Å². The van der Waals surface area contributed by atoms with Gasteiger partial charge in [0.1, 0.15) is 0 Å². The van der Waals surface area contributed by atoms with Gasteiger partial charge in [-0.25, -0.2) is 4.79 Å². The topological polar surface area (TPSA) is 64.6 Å². The predicted octanol–water partition coefficient (Wildman–Crippen LogP) is 2.36. The van der Waals surface area contributed by atoms with Crippen LogP contribution in [0.5, 0.6) is 0 Å². The largest absolute Gasteiger partial charge is 0.396 e. The number of benzene rings is 1. The SMILES string of the molecule is CC(CNC(=O)NC1CCC(CO)CC1)N(C)c1ccccc1. The molecule has 0 heterocycles. The summed E-state index contributed by atoms with van der Waals surface area (Å²) < 4.78 is 0. The Bertz CT molecular complexity index is 472. The Morgan fingerprint density at radius 2 is 1.91 bits per heavy atom. The van der Waals surface area contributed by atoms with Gasteiger partial charge in [-0.05, 0) is 50.7 Å². The number of para-hydroxylation sites is 1. The minimum Gasteiger partial charge on any atom is -0.396 e. The molecule has 2 amide bonds. The van der Waals surface area contributed by atoms with Gasteiger partial charge in [-0.3, -0.25) is 0 Å². The summed E-state index contributed by atoms with van der Waals surface area (Å²) in [5.74, 6) is 0.413. The Kier molecular flexibility index (Phi) is 6.71. The molecule has 1 aliphatic rings. The quantitative estimate of drug-likeness (QED) is 0.754. The zero-order valence-corrected chi connectivity index (χ0v) is 14.2. The number of carbonyl (C=O) groups is 1. The fraction of sp³-hybridized carbons (Fsp3) is 0.611. The standard InChI is InChI=1S/C18H29N3O2/c1-14(21(2)17-6-4-3-5-7-17)12-19-18(23)20-16-10-8-15(13-22)9-11-16/h3-7,14-16,22H,8-13H2,1-2H3,(H2,19,20,23). The summed E-state index contributed by atoms with van der Waals surface area (Å²) in [7, 11) is 2.04. The maximum absolute atomic E-state index is 12.0. The molecule has 1 aliphatic carbocycles. The van der Waals surface area contributed by atoms with Crippen molar-refractivity contribution in [3.63, 3.8) is 0 Å². The molecule has 1 unspecified atom stereocenters. The summed E-state index contributed by atoms with van der Waals surface area (Å²) >= 11 is 0. The van der Waals surface area contributed by atoms with Gasteiger partial charge in [0.05, 0.1) is 0 Å². The molecule has 0 aliphatic heterocycles. The molecule has 128 valence electrons. The summed E-state index contributed by atoms with van der Waals surface area (Å²) in [5.41, 5.74) is 1.14. The highest BCUT2D eigenvalue weighted by atomic mass is 16.3. The van der Waals surface area contributed by atoms with Gasteiger partial charge in [-0.15, -0.1) is 0 Å². The molecule has 5 nitrogen and oxygen atoms in total. The van der Waals surface area contributed by atoms with Crippen molar-refractivity contribution in [1.29, 1.82) is 0 Å². The lowest BCUT2D eigenvalue weighted by atomic mass is 9.87. The zero-order chi connectivity index (χ0) is 16.7. The predicted molar refractivity (Wildman–Crippen MR) is 93.7 cm³/mol. The van der Waals surface area contributed by atoms with Gasteiger partial charge in [0.2, 0.25) is 0 Å². The van der Waals surface area contributed by atoms with Gasteiger partial charge < -0.3 is 20.6 Å².